The highest BCUT2D eigenvalue weighted by atomic mass is 32.2. The van der Waals surface area contributed by atoms with Crippen molar-refractivity contribution in [2.75, 3.05) is 18.9 Å². The van der Waals surface area contributed by atoms with E-state index in [0.717, 1.165) is 6.54 Å². The van der Waals surface area contributed by atoms with Crippen LogP contribution in [0.1, 0.15) is 31.9 Å². The summed E-state index contributed by atoms with van der Waals surface area (Å²) in [5.41, 5.74) is 1.92. The van der Waals surface area contributed by atoms with Crippen LogP contribution in [0.3, 0.4) is 0 Å². The summed E-state index contributed by atoms with van der Waals surface area (Å²) in [6.45, 7) is 11.1. The maximum absolute atomic E-state index is 12.1. The lowest BCUT2D eigenvalue weighted by atomic mass is 10.1. The van der Waals surface area contributed by atoms with E-state index < -0.39 is 5.54 Å². The van der Waals surface area contributed by atoms with E-state index in [1.165, 1.54) is 16.0 Å². The second kappa shape index (κ2) is 7.70. The Kier molecular flexibility index (Phi) is 6.56. The van der Waals surface area contributed by atoms with Gasteiger partial charge in [0.15, 0.2) is 0 Å². The molecular weight excluding hydrogens is 270 g/mol. The first kappa shape index (κ1) is 17.1. The van der Waals surface area contributed by atoms with E-state index in [4.69, 9.17) is 4.74 Å². The van der Waals surface area contributed by atoms with Crippen molar-refractivity contribution < 1.29 is 9.53 Å². The second-order valence-electron chi connectivity index (χ2n) is 5.12. The lowest BCUT2D eigenvalue weighted by Crippen LogP contribution is -2.52. The van der Waals surface area contributed by atoms with E-state index in [9.17, 15) is 4.79 Å². The molecule has 0 bridgehead atoms. The molecule has 4 heteroatoms. The molecular formula is C16H25NO2S. The van der Waals surface area contributed by atoms with Gasteiger partial charge in [0.2, 0.25) is 0 Å². The predicted molar refractivity (Wildman–Crippen MR) is 85.4 cm³/mol. The van der Waals surface area contributed by atoms with E-state index in [1.54, 1.807) is 11.8 Å². The highest BCUT2D eigenvalue weighted by Crippen LogP contribution is 2.25. The first-order valence-corrected chi connectivity index (χ1v) is 8.03. The van der Waals surface area contributed by atoms with Crippen molar-refractivity contribution in [2.24, 2.45) is 0 Å². The number of rotatable bonds is 7. The molecule has 0 aliphatic carbocycles. The number of carbonyl (C=O) groups is 1. The Morgan fingerprint density at radius 3 is 2.55 bits per heavy atom. The quantitative estimate of drug-likeness (QED) is 0.618. The predicted octanol–water partition coefficient (Wildman–Crippen LogP) is 3.33. The van der Waals surface area contributed by atoms with Crippen molar-refractivity contribution in [3.63, 3.8) is 0 Å². The Balaban J connectivity index is 2.75. The SMILES string of the molecule is CCNC(C)(CSc1ccc(C)c(C)c1)C(=O)OCC. The van der Waals surface area contributed by atoms with Crippen LogP contribution < -0.4 is 5.32 Å². The number of carbonyl (C=O) groups excluding carboxylic acids is 1. The van der Waals surface area contributed by atoms with Gasteiger partial charge in [-0.1, -0.05) is 13.0 Å². The van der Waals surface area contributed by atoms with Gasteiger partial charge in [0.1, 0.15) is 5.54 Å². The normalized spacial score (nSPS) is 13.8. The smallest absolute Gasteiger partial charge is 0.326 e. The molecule has 1 aromatic rings. The summed E-state index contributed by atoms with van der Waals surface area (Å²) in [4.78, 5) is 13.3. The van der Waals surface area contributed by atoms with Crippen molar-refractivity contribution >= 4 is 17.7 Å². The Bertz CT molecular complexity index is 462. The number of likely N-dealkylation sites (N-methyl/N-ethyl adjacent to an activating group) is 1. The molecule has 0 heterocycles. The number of hydrogen-bond donors (Lipinski definition) is 1. The molecule has 0 fully saturated rings. The molecule has 3 nitrogen and oxygen atoms in total. The summed E-state index contributed by atoms with van der Waals surface area (Å²) in [7, 11) is 0. The third kappa shape index (κ3) is 4.53. The molecule has 0 saturated heterocycles. The number of esters is 1. The van der Waals surface area contributed by atoms with Gasteiger partial charge in [0, 0.05) is 10.6 Å². The maximum Gasteiger partial charge on any atom is 0.326 e. The summed E-state index contributed by atoms with van der Waals surface area (Å²) in [6.07, 6.45) is 0. The zero-order chi connectivity index (χ0) is 15.2. The van der Waals surface area contributed by atoms with Gasteiger partial charge in [-0.3, -0.25) is 4.79 Å². The van der Waals surface area contributed by atoms with Gasteiger partial charge in [0.25, 0.3) is 0 Å². The third-order valence-electron chi connectivity index (χ3n) is 3.30. The molecule has 1 unspecified atom stereocenters. The first-order chi connectivity index (χ1) is 9.42. The largest absolute Gasteiger partial charge is 0.465 e. The van der Waals surface area contributed by atoms with Crippen molar-refractivity contribution in [1.29, 1.82) is 0 Å². The van der Waals surface area contributed by atoms with Crippen molar-refractivity contribution in [1.82, 2.24) is 5.32 Å². The van der Waals surface area contributed by atoms with Gasteiger partial charge >= 0.3 is 5.97 Å². The van der Waals surface area contributed by atoms with Crippen LogP contribution in [0.15, 0.2) is 23.1 Å². The Morgan fingerprint density at radius 1 is 1.30 bits per heavy atom. The Labute approximate surface area is 126 Å². The van der Waals surface area contributed by atoms with Gasteiger partial charge in [-0.05, 0) is 57.5 Å². The minimum Gasteiger partial charge on any atom is -0.465 e. The number of thioether (sulfide) groups is 1. The summed E-state index contributed by atoms with van der Waals surface area (Å²) in [5, 5.41) is 3.24. The molecule has 0 saturated carbocycles. The van der Waals surface area contributed by atoms with Crippen LogP contribution in [-0.2, 0) is 9.53 Å². The standard InChI is InChI=1S/C16H25NO2S/c1-6-17-16(5,15(18)19-7-2)11-20-14-9-8-12(3)13(4)10-14/h8-10,17H,6-7,11H2,1-5H3. The van der Waals surface area contributed by atoms with Gasteiger partial charge < -0.3 is 10.1 Å². The summed E-state index contributed by atoms with van der Waals surface area (Å²) < 4.78 is 5.18. The number of nitrogens with one attached hydrogen (secondary N) is 1. The second-order valence-corrected chi connectivity index (χ2v) is 6.17. The molecule has 1 rings (SSSR count). The minimum atomic E-state index is -0.645. The number of hydrogen-bond acceptors (Lipinski definition) is 4. The zero-order valence-corrected chi connectivity index (χ0v) is 13.9. The van der Waals surface area contributed by atoms with Crippen molar-refractivity contribution in [3.05, 3.63) is 29.3 Å². The molecule has 1 atom stereocenters. The van der Waals surface area contributed by atoms with E-state index in [-0.39, 0.29) is 5.97 Å². The lowest BCUT2D eigenvalue weighted by Gasteiger charge is -2.27. The third-order valence-corrected chi connectivity index (χ3v) is 4.61. The monoisotopic (exact) mass is 295 g/mol. The highest BCUT2D eigenvalue weighted by molar-refractivity contribution is 7.99. The molecule has 112 valence electrons. The van der Waals surface area contributed by atoms with E-state index in [1.807, 2.05) is 20.8 Å². The van der Waals surface area contributed by atoms with E-state index in [0.29, 0.717) is 12.4 Å². The topological polar surface area (TPSA) is 38.3 Å². The van der Waals surface area contributed by atoms with Crippen LogP contribution in [-0.4, -0.2) is 30.4 Å². The fraction of sp³-hybridized carbons (Fsp3) is 0.562. The van der Waals surface area contributed by atoms with Crippen LogP contribution >= 0.6 is 11.8 Å². The molecule has 0 spiro atoms. The van der Waals surface area contributed by atoms with E-state index in [2.05, 4.69) is 37.4 Å². The zero-order valence-electron chi connectivity index (χ0n) is 13.1. The van der Waals surface area contributed by atoms with Gasteiger partial charge in [0.05, 0.1) is 6.61 Å². The molecule has 20 heavy (non-hydrogen) atoms. The van der Waals surface area contributed by atoms with Crippen LogP contribution in [0.5, 0.6) is 0 Å². The summed E-state index contributed by atoms with van der Waals surface area (Å²) >= 11 is 1.68. The molecule has 1 aromatic carbocycles. The van der Waals surface area contributed by atoms with Crippen LogP contribution in [0.4, 0.5) is 0 Å². The van der Waals surface area contributed by atoms with E-state index >= 15 is 0 Å². The van der Waals surface area contributed by atoms with Crippen molar-refractivity contribution in [2.45, 2.75) is 45.1 Å². The van der Waals surface area contributed by atoms with Crippen molar-refractivity contribution in [3.8, 4) is 0 Å². The Hall–Kier alpha value is -1.00. The lowest BCUT2D eigenvalue weighted by molar-refractivity contribution is -0.149. The molecule has 0 aromatic heterocycles. The van der Waals surface area contributed by atoms with Gasteiger partial charge in [-0.2, -0.15) is 0 Å². The summed E-state index contributed by atoms with van der Waals surface area (Å²) in [6, 6.07) is 6.38. The number of ether oxygens (including phenoxy) is 1. The Morgan fingerprint density at radius 2 is 2.00 bits per heavy atom. The first-order valence-electron chi connectivity index (χ1n) is 7.05. The highest BCUT2D eigenvalue weighted by Gasteiger charge is 2.33. The molecule has 1 N–H and O–H groups in total. The van der Waals surface area contributed by atoms with Gasteiger partial charge in [-0.25, -0.2) is 0 Å². The maximum atomic E-state index is 12.1. The van der Waals surface area contributed by atoms with Crippen LogP contribution in [0, 0.1) is 13.8 Å². The van der Waals surface area contributed by atoms with Gasteiger partial charge in [-0.15, -0.1) is 11.8 Å². The van der Waals surface area contributed by atoms with Crippen LogP contribution in [0.2, 0.25) is 0 Å². The molecule has 0 aliphatic rings. The number of benzene rings is 1. The minimum absolute atomic E-state index is 0.182. The van der Waals surface area contributed by atoms with Crippen LogP contribution in [0.25, 0.3) is 0 Å². The number of aryl methyl sites for hydroxylation is 2. The average Bonchev–Trinajstić information content (AvgIpc) is 2.41. The molecule has 0 aliphatic heterocycles. The fourth-order valence-electron chi connectivity index (χ4n) is 1.89. The average molecular weight is 295 g/mol. The molecule has 0 amide bonds. The molecule has 0 radical (unpaired) electrons. The fourth-order valence-corrected chi connectivity index (χ4v) is 2.99. The summed E-state index contributed by atoms with van der Waals surface area (Å²) in [5.74, 6) is 0.473.